The van der Waals surface area contributed by atoms with Crippen molar-refractivity contribution >= 4 is 33.0 Å². The predicted molar refractivity (Wildman–Crippen MR) is 72.0 cm³/mol. The number of ether oxygens (including phenoxy) is 1. The number of hydrogen-bond acceptors (Lipinski definition) is 8. The summed E-state index contributed by atoms with van der Waals surface area (Å²) in [5.41, 5.74) is 6.29. The molecular weight excluding hydrogens is 345 g/mol. The van der Waals surface area contributed by atoms with Crippen LogP contribution in [0.2, 0.25) is 4.82 Å². The van der Waals surface area contributed by atoms with Crippen LogP contribution in [-0.4, -0.2) is 69.2 Å². The summed E-state index contributed by atoms with van der Waals surface area (Å²) in [4.78, 5) is 11.1. The van der Waals surface area contributed by atoms with E-state index in [1.165, 1.54) is 24.1 Å². The number of aliphatic hydroxyl groups excluding tert-OH is 2. The van der Waals surface area contributed by atoms with Gasteiger partial charge in [-0.05, 0) is 0 Å². The predicted octanol–water partition coefficient (Wildman–Crippen LogP) is -1.89. The van der Waals surface area contributed by atoms with Crippen molar-refractivity contribution in [2.24, 2.45) is 0 Å². The molecule has 0 amide bonds. The van der Waals surface area contributed by atoms with Gasteiger partial charge >= 0.3 is 127 Å². The molecule has 2 aromatic rings. The summed E-state index contributed by atoms with van der Waals surface area (Å²) in [7, 11) is 0. The van der Waals surface area contributed by atoms with E-state index >= 15 is 0 Å². The first kappa shape index (κ1) is 14.6. The third-order valence-corrected chi connectivity index (χ3v) is 4.74. The molecule has 1 aliphatic rings. The van der Waals surface area contributed by atoms with Crippen LogP contribution >= 0.6 is 0 Å². The molecule has 1 radical (unpaired) electrons. The summed E-state index contributed by atoms with van der Waals surface area (Å²) >= 11 is 2.67. The first-order chi connectivity index (χ1) is 9.86. The average molecular weight is 359 g/mol. The SMILES string of the molecule is CC(O)[C@H]1O[C@@](O)(n2cnc3c(N)ncnc32)[C@H]([Se])[C@@H]1O. The average Bonchev–Trinajstić information content (AvgIpc) is 2.96. The van der Waals surface area contributed by atoms with Gasteiger partial charge in [0, 0.05) is 0 Å². The molecule has 0 aliphatic carbocycles. The second-order valence-corrected chi connectivity index (χ2v) is 6.00. The van der Waals surface area contributed by atoms with E-state index in [0.717, 1.165) is 0 Å². The summed E-state index contributed by atoms with van der Waals surface area (Å²) in [6.07, 6.45) is -0.452. The Hall–Kier alpha value is -1.29. The van der Waals surface area contributed by atoms with Crippen molar-refractivity contribution in [2.45, 2.75) is 36.0 Å². The third-order valence-electron chi connectivity index (χ3n) is 3.51. The summed E-state index contributed by atoms with van der Waals surface area (Å²) in [5.74, 6) is -1.76. The third kappa shape index (κ3) is 2.03. The van der Waals surface area contributed by atoms with Crippen LogP contribution in [0.3, 0.4) is 0 Å². The molecule has 1 aliphatic heterocycles. The Morgan fingerprint density at radius 2 is 2.19 bits per heavy atom. The van der Waals surface area contributed by atoms with E-state index in [-0.39, 0.29) is 11.5 Å². The topological polar surface area (TPSA) is 140 Å². The van der Waals surface area contributed by atoms with Crippen LogP contribution in [0.15, 0.2) is 12.7 Å². The molecular formula is C11H14N5O4Se. The Morgan fingerprint density at radius 3 is 2.81 bits per heavy atom. The van der Waals surface area contributed by atoms with E-state index in [9.17, 15) is 15.3 Å². The molecule has 5 atom stereocenters. The van der Waals surface area contributed by atoms with Crippen LogP contribution < -0.4 is 5.73 Å². The van der Waals surface area contributed by atoms with Crippen LogP contribution in [0.5, 0.6) is 0 Å². The quantitative estimate of drug-likeness (QED) is 0.457. The number of fused-ring (bicyclic) bond motifs is 1. The number of nitrogens with two attached hydrogens (primary N) is 1. The van der Waals surface area contributed by atoms with Gasteiger partial charge < -0.3 is 0 Å². The van der Waals surface area contributed by atoms with Crippen LogP contribution in [0.25, 0.3) is 11.2 Å². The maximum absolute atomic E-state index is 10.8. The van der Waals surface area contributed by atoms with Gasteiger partial charge in [-0.1, -0.05) is 0 Å². The van der Waals surface area contributed by atoms with Crippen LogP contribution in [0.4, 0.5) is 5.82 Å². The van der Waals surface area contributed by atoms with Gasteiger partial charge in [-0.25, -0.2) is 0 Å². The number of hydrogen-bond donors (Lipinski definition) is 4. The second-order valence-electron chi connectivity index (χ2n) is 4.94. The van der Waals surface area contributed by atoms with Crippen molar-refractivity contribution in [3.63, 3.8) is 0 Å². The van der Waals surface area contributed by atoms with Crippen molar-refractivity contribution in [3.05, 3.63) is 12.7 Å². The Bertz CT molecular complexity index is 680. The zero-order chi connectivity index (χ0) is 15.4. The molecule has 0 bridgehead atoms. The first-order valence-corrected chi connectivity index (χ1v) is 7.21. The van der Waals surface area contributed by atoms with E-state index in [4.69, 9.17) is 10.5 Å². The summed E-state index contributed by atoms with van der Waals surface area (Å²) in [5, 5.41) is 30.6. The van der Waals surface area contributed by atoms with Crippen molar-refractivity contribution in [3.8, 4) is 0 Å². The van der Waals surface area contributed by atoms with Gasteiger partial charge in [0.05, 0.1) is 0 Å². The van der Waals surface area contributed by atoms with E-state index in [0.29, 0.717) is 5.52 Å². The molecule has 9 nitrogen and oxygen atoms in total. The normalized spacial score (nSPS) is 34.4. The van der Waals surface area contributed by atoms with Crippen molar-refractivity contribution in [2.75, 3.05) is 5.73 Å². The van der Waals surface area contributed by atoms with Gasteiger partial charge in [-0.3, -0.25) is 0 Å². The molecule has 1 fully saturated rings. The Kier molecular flexibility index (Phi) is 3.40. The van der Waals surface area contributed by atoms with Crippen molar-refractivity contribution in [1.29, 1.82) is 0 Å². The number of aliphatic hydroxyl groups is 3. The molecule has 1 unspecified atom stereocenters. The first-order valence-electron chi connectivity index (χ1n) is 6.22. The second kappa shape index (κ2) is 4.87. The molecule has 2 aromatic heterocycles. The molecule has 113 valence electrons. The van der Waals surface area contributed by atoms with Crippen LogP contribution in [0.1, 0.15) is 6.92 Å². The van der Waals surface area contributed by atoms with Gasteiger partial charge in [0.1, 0.15) is 0 Å². The van der Waals surface area contributed by atoms with Gasteiger partial charge in [-0.2, -0.15) is 0 Å². The summed E-state index contributed by atoms with van der Waals surface area (Å²) < 4.78 is 6.73. The Labute approximate surface area is 127 Å². The fraction of sp³-hybridized carbons (Fsp3) is 0.545. The van der Waals surface area contributed by atoms with Crippen LogP contribution in [-0.2, 0) is 10.6 Å². The molecule has 3 heterocycles. The van der Waals surface area contributed by atoms with E-state index < -0.39 is 29.0 Å². The summed E-state index contributed by atoms with van der Waals surface area (Å²) in [6.45, 7) is 1.47. The standard InChI is InChI=1S/C11H14N5O4Se/c1-4(17)7-6(18)8(21)11(19,20-7)16-3-15-5-9(12)13-2-14-10(5)16/h2-4,6-8,17-19H,1H3,(H2,12,13,14)/t4?,6-,7-,8-,11-/m1/s1. The number of aromatic nitrogens is 4. The zero-order valence-corrected chi connectivity index (χ0v) is 12.7. The Balaban J connectivity index is 2.11. The number of nitrogen functional groups attached to an aromatic ring is 1. The van der Waals surface area contributed by atoms with E-state index in [2.05, 4.69) is 31.0 Å². The van der Waals surface area contributed by atoms with Gasteiger partial charge in [0.2, 0.25) is 0 Å². The molecule has 0 aromatic carbocycles. The Morgan fingerprint density at radius 1 is 1.48 bits per heavy atom. The van der Waals surface area contributed by atoms with Crippen molar-refractivity contribution in [1.82, 2.24) is 19.5 Å². The van der Waals surface area contributed by atoms with Crippen LogP contribution in [0, 0.1) is 0 Å². The van der Waals surface area contributed by atoms with Gasteiger partial charge in [-0.15, -0.1) is 0 Å². The molecule has 0 saturated carbocycles. The maximum atomic E-state index is 10.8. The molecule has 0 spiro atoms. The molecule has 21 heavy (non-hydrogen) atoms. The molecule has 10 heteroatoms. The fourth-order valence-corrected chi connectivity index (χ4v) is 3.08. The monoisotopic (exact) mass is 360 g/mol. The molecule has 3 rings (SSSR count). The number of nitrogens with zero attached hydrogens (tertiary/aromatic N) is 4. The van der Waals surface area contributed by atoms with Gasteiger partial charge in [0.15, 0.2) is 0 Å². The fourth-order valence-electron chi connectivity index (χ4n) is 2.40. The van der Waals surface area contributed by atoms with Gasteiger partial charge in [0.25, 0.3) is 0 Å². The molecule has 1 saturated heterocycles. The minimum absolute atomic E-state index is 0.171. The number of imidazole rings is 1. The zero-order valence-electron chi connectivity index (χ0n) is 11.0. The van der Waals surface area contributed by atoms with E-state index in [1.807, 2.05) is 0 Å². The molecule has 5 N–H and O–H groups in total. The van der Waals surface area contributed by atoms with E-state index in [1.54, 1.807) is 0 Å². The van der Waals surface area contributed by atoms with Crippen molar-refractivity contribution < 1.29 is 20.1 Å². The minimum atomic E-state index is -1.93. The summed E-state index contributed by atoms with van der Waals surface area (Å²) in [6, 6.07) is 0. The number of rotatable bonds is 2. The number of anilines is 1.